The average molecular weight is 170 g/mol. The summed E-state index contributed by atoms with van der Waals surface area (Å²) in [5.41, 5.74) is 1.64. The van der Waals surface area contributed by atoms with Crippen molar-refractivity contribution < 1.29 is 5.11 Å². The molecule has 0 aliphatic carbocycles. The molecule has 1 aliphatic rings. The van der Waals surface area contributed by atoms with E-state index in [1.807, 2.05) is 18.2 Å². The Balaban J connectivity index is 2.59. The summed E-state index contributed by atoms with van der Waals surface area (Å²) in [6.07, 6.45) is 0. The summed E-state index contributed by atoms with van der Waals surface area (Å²) in [6, 6.07) is 9.12. The van der Waals surface area contributed by atoms with Crippen molar-refractivity contribution >= 4 is 22.1 Å². The second-order valence-corrected chi connectivity index (χ2v) is 3.04. The normalized spacial score (nSPS) is 12.6. The molecule has 0 amide bonds. The number of rotatable bonds is 0. The standard InChI is InChI=1S/C10H6N2O/c13-7-4-6-2-1-3-8-10(6)9(5-7)12-11-8/h1-5,13H. The minimum Gasteiger partial charge on any atom is -0.508 e. The highest BCUT2D eigenvalue weighted by Crippen LogP contribution is 2.42. The Morgan fingerprint density at radius 3 is 2.77 bits per heavy atom. The summed E-state index contributed by atoms with van der Waals surface area (Å²) in [7, 11) is 0. The van der Waals surface area contributed by atoms with Crippen molar-refractivity contribution in [1.29, 1.82) is 0 Å². The first-order valence-electron chi connectivity index (χ1n) is 4.02. The van der Waals surface area contributed by atoms with Gasteiger partial charge in [-0.3, -0.25) is 0 Å². The second kappa shape index (κ2) is 2.07. The third-order valence-electron chi connectivity index (χ3n) is 2.18. The summed E-state index contributed by atoms with van der Waals surface area (Å²) in [5, 5.41) is 19.3. The molecule has 2 aromatic carbocycles. The molecule has 3 rings (SSSR count). The SMILES string of the molecule is Oc1cc2c3c(cccc3c1)N=N2. The number of azo groups is 1. The van der Waals surface area contributed by atoms with Crippen molar-refractivity contribution in [3.05, 3.63) is 30.3 Å². The predicted octanol–water partition coefficient (Wildman–Crippen LogP) is 3.27. The van der Waals surface area contributed by atoms with Gasteiger partial charge in [-0.1, -0.05) is 12.1 Å². The highest BCUT2D eigenvalue weighted by atomic mass is 16.3. The van der Waals surface area contributed by atoms with E-state index in [0.29, 0.717) is 0 Å². The topological polar surface area (TPSA) is 45.0 Å². The molecule has 3 nitrogen and oxygen atoms in total. The number of nitrogens with zero attached hydrogens (tertiary/aromatic N) is 2. The van der Waals surface area contributed by atoms with Crippen molar-refractivity contribution in [3.63, 3.8) is 0 Å². The molecule has 3 heteroatoms. The molecule has 2 aromatic rings. The van der Waals surface area contributed by atoms with E-state index in [2.05, 4.69) is 10.2 Å². The Labute approximate surface area is 74.3 Å². The van der Waals surface area contributed by atoms with E-state index in [1.165, 1.54) is 0 Å². The summed E-state index contributed by atoms with van der Waals surface area (Å²) < 4.78 is 0. The third-order valence-corrected chi connectivity index (χ3v) is 2.18. The van der Waals surface area contributed by atoms with Gasteiger partial charge in [0, 0.05) is 11.5 Å². The van der Waals surface area contributed by atoms with E-state index in [-0.39, 0.29) is 5.75 Å². The van der Waals surface area contributed by atoms with Gasteiger partial charge < -0.3 is 5.11 Å². The second-order valence-electron chi connectivity index (χ2n) is 3.04. The zero-order valence-electron chi connectivity index (χ0n) is 6.73. The van der Waals surface area contributed by atoms with E-state index >= 15 is 0 Å². The molecule has 0 aromatic heterocycles. The highest BCUT2D eigenvalue weighted by Gasteiger charge is 2.12. The van der Waals surface area contributed by atoms with E-state index in [1.54, 1.807) is 12.1 Å². The predicted molar refractivity (Wildman–Crippen MR) is 49.8 cm³/mol. The van der Waals surface area contributed by atoms with Gasteiger partial charge in [-0.2, -0.15) is 0 Å². The van der Waals surface area contributed by atoms with E-state index in [9.17, 15) is 5.11 Å². The quantitative estimate of drug-likeness (QED) is 0.552. The van der Waals surface area contributed by atoms with Crippen LogP contribution in [0.15, 0.2) is 40.6 Å². The molecule has 1 heterocycles. The Morgan fingerprint density at radius 1 is 1.00 bits per heavy atom. The maximum Gasteiger partial charge on any atom is 0.118 e. The third kappa shape index (κ3) is 0.783. The van der Waals surface area contributed by atoms with Gasteiger partial charge in [-0.15, -0.1) is 10.2 Å². The van der Waals surface area contributed by atoms with Crippen LogP contribution in [-0.2, 0) is 0 Å². The summed E-state index contributed by atoms with van der Waals surface area (Å²) in [4.78, 5) is 0. The first-order valence-corrected chi connectivity index (χ1v) is 4.02. The summed E-state index contributed by atoms with van der Waals surface area (Å²) >= 11 is 0. The molecule has 0 unspecified atom stereocenters. The lowest BCUT2D eigenvalue weighted by Gasteiger charge is -1.98. The minimum absolute atomic E-state index is 0.237. The number of hydrogen-bond donors (Lipinski definition) is 1. The van der Waals surface area contributed by atoms with E-state index in [0.717, 1.165) is 22.1 Å². The minimum atomic E-state index is 0.237. The fraction of sp³-hybridized carbons (Fsp3) is 0. The molecule has 0 radical (unpaired) electrons. The van der Waals surface area contributed by atoms with Crippen molar-refractivity contribution in [2.75, 3.05) is 0 Å². The molecule has 1 N–H and O–H groups in total. The number of aromatic hydroxyl groups is 1. The van der Waals surface area contributed by atoms with Crippen LogP contribution in [0.25, 0.3) is 10.8 Å². The molecule has 0 saturated carbocycles. The smallest absolute Gasteiger partial charge is 0.118 e. The van der Waals surface area contributed by atoms with Gasteiger partial charge in [0.1, 0.15) is 5.75 Å². The fourth-order valence-electron chi connectivity index (χ4n) is 1.64. The maximum absolute atomic E-state index is 9.36. The molecule has 0 atom stereocenters. The maximum atomic E-state index is 9.36. The average Bonchev–Trinajstić information content (AvgIpc) is 2.50. The number of benzene rings is 2. The van der Waals surface area contributed by atoms with Crippen LogP contribution in [0.5, 0.6) is 5.75 Å². The molecular formula is C10H6N2O. The van der Waals surface area contributed by atoms with Gasteiger partial charge >= 0.3 is 0 Å². The molecular weight excluding hydrogens is 164 g/mol. The largest absolute Gasteiger partial charge is 0.508 e. The Bertz CT molecular complexity index is 532. The van der Waals surface area contributed by atoms with Crippen LogP contribution in [0.2, 0.25) is 0 Å². The van der Waals surface area contributed by atoms with E-state index < -0.39 is 0 Å². The Kier molecular flexibility index (Phi) is 1.05. The zero-order valence-corrected chi connectivity index (χ0v) is 6.73. The van der Waals surface area contributed by atoms with Crippen molar-refractivity contribution in [1.82, 2.24) is 0 Å². The van der Waals surface area contributed by atoms with Crippen molar-refractivity contribution in [3.8, 4) is 5.75 Å². The first kappa shape index (κ1) is 6.60. The molecule has 0 fully saturated rings. The van der Waals surface area contributed by atoms with Crippen LogP contribution in [0.4, 0.5) is 11.4 Å². The van der Waals surface area contributed by atoms with Crippen LogP contribution in [0.3, 0.4) is 0 Å². The van der Waals surface area contributed by atoms with Gasteiger partial charge in [0.2, 0.25) is 0 Å². The van der Waals surface area contributed by atoms with Crippen LogP contribution >= 0.6 is 0 Å². The van der Waals surface area contributed by atoms with Crippen LogP contribution in [-0.4, -0.2) is 5.11 Å². The zero-order chi connectivity index (χ0) is 8.84. The molecule has 13 heavy (non-hydrogen) atoms. The van der Waals surface area contributed by atoms with Crippen LogP contribution in [0.1, 0.15) is 0 Å². The van der Waals surface area contributed by atoms with Gasteiger partial charge in [-0.25, -0.2) is 0 Å². The summed E-state index contributed by atoms with van der Waals surface area (Å²) in [5.74, 6) is 0.237. The molecule has 0 spiro atoms. The highest BCUT2D eigenvalue weighted by molar-refractivity contribution is 6.03. The molecule has 0 bridgehead atoms. The first-order chi connectivity index (χ1) is 6.34. The molecule has 0 saturated heterocycles. The monoisotopic (exact) mass is 170 g/mol. The number of phenolic OH excluding ortho intramolecular Hbond substituents is 1. The van der Waals surface area contributed by atoms with Gasteiger partial charge in [0.25, 0.3) is 0 Å². The lowest BCUT2D eigenvalue weighted by atomic mass is 10.1. The molecule has 62 valence electrons. The van der Waals surface area contributed by atoms with Gasteiger partial charge in [0.15, 0.2) is 0 Å². The fourth-order valence-corrected chi connectivity index (χ4v) is 1.64. The molecule has 1 aliphatic heterocycles. The summed E-state index contributed by atoms with van der Waals surface area (Å²) in [6.45, 7) is 0. The van der Waals surface area contributed by atoms with Crippen molar-refractivity contribution in [2.45, 2.75) is 0 Å². The van der Waals surface area contributed by atoms with Gasteiger partial charge in [0.05, 0.1) is 11.4 Å². The number of phenols is 1. The Morgan fingerprint density at radius 2 is 1.85 bits per heavy atom. The van der Waals surface area contributed by atoms with Gasteiger partial charge in [-0.05, 0) is 17.5 Å². The van der Waals surface area contributed by atoms with Crippen LogP contribution in [0, 0.1) is 0 Å². The van der Waals surface area contributed by atoms with Crippen LogP contribution < -0.4 is 0 Å². The Hall–Kier alpha value is -1.90. The van der Waals surface area contributed by atoms with E-state index in [4.69, 9.17) is 0 Å². The number of hydrogen-bond acceptors (Lipinski definition) is 3. The lowest BCUT2D eigenvalue weighted by Crippen LogP contribution is -1.71. The van der Waals surface area contributed by atoms with Crippen molar-refractivity contribution in [2.24, 2.45) is 10.2 Å². The lowest BCUT2D eigenvalue weighted by molar-refractivity contribution is 0.476.